The molecular weight excluding hydrogens is 550 g/mol. The molecule has 6 aromatic carbocycles. The first kappa shape index (κ1) is 27.6. The maximum Gasteiger partial charge on any atom is 0.104 e. The van der Waals surface area contributed by atoms with Crippen molar-refractivity contribution in [1.29, 1.82) is 5.41 Å². The predicted octanol–water partition coefficient (Wildman–Crippen LogP) is 9.44. The number of allylic oxidation sites excluding steroid dienone is 1. The van der Waals surface area contributed by atoms with E-state index in [0.717, 1.165) is 33.5 Å². The zero-order chi connectivity index (χ0) is 30.8. The molecular formula is C40H31N5. The summed E-state index contributed by atoms with van der Waals surface area (Å²) in [6.45, 7) is 4.17. The molecule has 1 aromatic heterocycles. The summed E-state index contributed by atoms with van der Waals surface area (Å²) in [5, 5.41) is 16.3. The lowest BCUT2D eigenvalue weighted by Crippen LogP contribution is -2.12. The summed E-state index contributed by atoms with van der Waals surface area (Å²) in [6.07, 6.45) is 1.20. The third-order valence-corrected chi connectivity index (χ3v) is 8.05. The van der Waals surface area contributed by atoms with Gasteiger partial charge in [-0.1, -0.05) is 116 Å². The number of aromatic nitrogens is 1. The zero-order valence-electron chi connectivity index (χ0n) is 24.6. The summed E-state index contributed by atoms with van der Waals surface area (Å²) in [6, 6.07) is 49.3. The number of anilines is 1. The Bertz CT molecular complexity index is 2260. The van der Waals surface area contributed by atoms with Crippen LogP contribution in [-0.2, 0) is 0 Å². The van der Waals surface area contributed by atoms with Crippen LogP contribution in [0.2, 0.25) is 0 Å². The molecule has 0 aliphatic carbocycles. The summed E-state index contributed by atoms with van der Waals surface area (Å²) in [4.78, 5) is 4.92. The molecule has 5 nitrogen and oxygen atoms in total. The third kappa shape index (κ3) is 5.17. The lowest BCUT2D eigenvalue weighted by molar-refractivity contribution is 1.18. The van der Waals surface area contributed by atoms with Crippen LogP contribution in [-0.4, -0.2) is 16.5 Å². The molecule has 45 heavy (non-hydrogen) atoms. The Balaban J connectivity index is 1.36. The second kappa shape index (κ2) is 11.8. The first-order chi connectivity index (χ1) is 22.1. The van der Waals surface area contributed by atoms with E-state index in [4.69, 9.17) is 16.1 Å². The van der Waals surface area contributed by atoms with Gasteiger partial charge in [-0.3, -0.25) is 0 Å². The minimum absolute atomic E-state index is 0.381. The van der Waals surface area contributed by atoms with Crippen LogP contribution in [0.3, 0.4) is 0 Å². The Morgan fingerprint density at radius 1 is 0.667 bits per heavy atom. The molecule has 216 valence electrons. The van der Waals surface area contributed by atoms with Gasteiger partial charge in [-0.15, -0.1) is 0 Å². The molecule has 0 aliphatic heterocycles. The number of hydrogen-bond donors (Lipinski definition) is 3. The summed E-state index contributed by atoms with van der Waals surface area (Å²) >= 11 is 0. The predicted molar refractivity (Wildman–Crippen MR) is 191 cm³/mol. The van der Waals surface area contributed by atoms with Gasteiger partial charge in [0.05, 0.1) is 28.1 Å². The van der Waals surface area contributed by atoms with Crippen LogP contribution < -0.4 is 11.1 Å². The average molecular weight is 582 g/mol. The van der Waals surface area contributed by atoms with E-state index in [9.17, 15) is 0 Å². The number of rotatable bonds is 8. The van der Waals surface area contributed by atoms with E-state index in [2.05, 4.69) is 89.3 Å². The molecule has 0 fully saturated rings. The van der Waals surface area contributed by atoms with Crippen LogP contribution in [0.25, 0.3) is 49.7 Å². The van der Waals surface area contributed by atoms with Gasteiger partial charge >= 0.3 is 0 Å². The number of nitrogens with two attached hydrogens (primary N) is 1. The normalized spacial score (nSPS) is 12.3. The molecule has 0 atom stereocenters. The smallest absolute Gasteiger partial charge is 0.104 e. The highest BCUT2D eigenvalue weighted by atomic mass is 15.0. The quantitative estimate of drug-likeness (QED) is 0.123. The largest absolute Gasteiger partial charge is 0.396 e. The number of nitrogens with zero attached hydrogens (tertiary/aromatic N) is 2. The number of para-hydroxylation sites is 2. The van der Waals surface area contributed by atoms with Crippen molar-refractivity contribution < 1.29 is 0 Å². The number of hydrogen-bond acceptors (Lipinski definition) is 4. The zero-order valence-corrected chi connectivity index (χ0v) is 24.6. The monoisotopic (exact) mass is 581 g/mol. The Morgan fingerprint density at radius 2 is 1.31 bits per heavy atom. The first-order valence-electron chi connectivity index (χ1n) is 14.8. The minimum atomic E-state index is 0.381. The van der Waals surface area contributed by atoms with Crippen LogP contribution in [0.5, 0.6) is 0 Å². The van der Waals surface area contributed by atoms with Crippen LogP contribution in [0, 0.1) is 5.41 Å². The molecule has 0 spiro atoms. The van der Waals surface area contributed by atoms with Crippen LogP contribution in [0.1, 0.15) is 11.1 Å². The molecule has 0 saturated carbocycles. The summed E-state index contributed by atoms with van der Waals surface area (Å²) in [7, 11) is 0. The fourth-order valence-corrected chi connectivity index (χ4v) is 5.89. The number of benzene rings is 6. The molecule has 7 rings (SSSR count). The van der Waals surface area contributed by atoms with Crippen molar-refractivity contribution in [2.24, 2.45) is 10.7 Å². The van der Waals surface area contributed by atoms with Crippen LogP contribution in [0.4, 0.5) is 5.69 Å². The molecule has 0 bridgehead atoms. The Labute approximate surface area is 261 Å². The van der Waals surface area contributed by atoms with E-state index in [1.54, 1.807) is 0 Å². The van der Waals surface area contributed by atoms with Crippen molar-refractivity contribution in [3.05, 3.63) is 169 Å². The van der Waals surface area contributed by atoms with E-state index in [0.29, 0.717) is 22.8 Å². The topological polar surface area (TPSA) is 79.2 Å². The molecule has 0 unspecified atom stereocenters. The maximum absolute atomic E-state index is 8.17. The van der Waals surface area contributed by atoms with E-state index < -0.39 is 0 Å². The average Bonchev–Trinajstić information content (AvgIpc) is 3.44. The highest BCUT2D eigenvalue weighted by Crippen LogP contribution is 2.37. The van der Waals surface area contributed by atoms with Gasteiger partial charge in [0.1, 0.15) is 5.71 Å². The third-order valence-electron chi connectivity index (χ3n) is 8.05. The van der Waals surface area contributed by atoms with Crippen molar-refractivity contribution in [3.8, 4) is 5.69 Å². The summed E-state index contributed by atoms with van der Waals surface area (Å²) in [5.74, 6) is 0. The number of aliphatic imine (C=N–C) groups is 1. The lowest BCUT2D eigenvalue weighted by atomic mass is 10.0. The van der Waals surface area contributed by atoms with Gasteiger partial charge in [-0.2, -0.15) is 0 Å². The van der Waals surface area contributed by atoms with Crippen molar-refractivity contribution in [1.82, 2.24) is 4.57 Å². The number of nitrogens with one attached hydrogen (secondary N) is 2. The lowest BCUT2D eigenvalue weighted by Gasteiger charge is -2.14. The van der Waals surface area contributed by atoms with Gasteiger partial charge in [0.15, 0.2) is 0 Å². The van der Waals surface area contributed by atoms with Gasteiger partial charge in [0.25, 0.3) is 0 Å². The van der Waals surface area contributed by atoms with E-state index in [1.807, 2.05) is 72.8 Å². The summed E-state index contributed by atoms with van der Waals surface area (Å²) < 4.78 is 2.31. The standard InChI is InChI=1S/C40H31N5/c1-27(43-31-15-6-3-7-16-31)35(26-41)44-40(39(42)29-13-4-2-5-14-29)30-20-23-32(24-21-30)45-36-19-11-10-18-34(36)38-33-17-9-8-12-28(33)22-25-37(38)45/h2-26,41,43H,1,42H2/b40-39-,41-26?,44-35-. The molecule has 4 N–H and O–H groups in total. The molecule has 0 saturated heterocycles. The van der Waals surface area contributed by atoms with E-state index >= 15 is 0 Å². The SMILES string of the molecule is C=C(Nc1ccccc1)/C(C=N)=N\C(=C(/N)c1ccccc1)c1ccc(-n2c3ccccc3c3c4ccccc4ccc32)cc1. The van der Waals surface area contributed by atoms with Gasteiger partial charge in [-0.05, 0) is 52.7 Å². The molecule has 0 radical (unpaired) electrons. The second-order valence-corrected chi connectivity index (χ2v) is 10.8. The fraction of sp³-hybridized carbons (Fsp3) is 0. The van der Waals surface area contributed by atoms with Crippen molar-refractivity contribution in [3.63, 3.8) is 0 Å². The second-order valence-electron chi connectivity index (χ2n) is 10.8. The molecule has 7 aromatic rings. The van der Waals surface area contributed by atoms with Crippen LogP contribution in [0.15, 0.2) is 163 Å². The Hall–Kier alpha value is -6.20. The Morgan fingerprint density at radius 3 is 2.04 bits per heavy atom. The van der Waals surface area contributed by atoms with Gasteiger partial charge in [0, 0.05) is 33.9 Å². The van der Waals surface area contributed by atoms with Crippen molar-refractivity contribution in [2.45, 2.75) is 0 Å². The maximum atomic E-state index is 8.17. The summed E-state index contributed by atoms with van der Waals surface area (Å²) in [5.41, 5.74) is 14.6. The van der Waals surface area contributed by atoms with Crippen molar-refractivity contribution >= 4 is 61.6 Å². The van der Waals surface area contributed by atoms with Gasteiger partial charge in [-0.25, -0.2) is 4.99 Å². The molecule has 0 amide bonds. The Kier molecular flexibility index (Phi) is 7.26. The fourth-order valence-electron chi connectivity index (χ4n) is 5.89. The van der Waals surface area contributed by atoms with Crippen LogP contribution >= 0.6 is 0 Å². The highest BCUT2D eigenvalue weighted by molar-refractivity contribution is 6.38. The van der Waals surface area contributed by atoms with E-state index in [1.165, 1.54) is 27.8 Å². The van der Waals surface area contributed by atoms with Gasteiger partial charge in [0.2, 0.25) is 0 Å². The highest BCUT2D eigenvalue weighted by Gasteiger charge is 2.16. The first-order valence-corrected chi connectivity index (χ1v) is 14.8. The molecule has 1 heterocycles. The molecule has 0 aliphatic rings. The molecule has 5 heteroatoms. The minimum Gasteiger partial charge on any atom is -0.396 e. The van der Waals surface area contributed by atoms with E-state index in [-0.39, 0.29) is 0 Å². The van der Waals surface area contributed by atoms with Crippen molar-refractivity contribution in [2.75, 3.05) is 5.32 Å². The van der Waals surface area contributed by atoms with Gasteiger partial charge < -0.3 is 21.0 Å². The number of fused-ring (bicyclic) bond motifs is 5.